The summed E-state index contributed by atoms with van der Waals surface area (Å²) in [5.74, 6) is 0.730. The Morgan fingerprint density at radius 1 is 1.29 bits per heavy atom. The van der Waals surface area contributed by atoms with Crippen molar-refractivity contribution >= 4 is 12.1 Å². The van der Waals surface area contributed by atoms with Crippen LogP contribution in [0.25, 0.3) is 0 Å². The van der Waals surface area contributed by atoms with Gasteiger partial charge < -0.3 is 10.3 Å². The first-order valence-corrected chi connectivity index (χ1v) is 5.25. The van der Waals surface area contributed by atoms with Gasteiger partial charge in [-0.2, -0.15) is 0 Å². The molecule has 0 aliphatic rings. The third-order valence-electron chi connectivity index (χ3n) is 1.78. The van der Waals surface area contributed by atoms with E-state index in [1.54, 1.807) is 30.4 Å². The Bertz CT molecular complexity index is 384. The van der Waals surface area contributed by atoms with Gasteiger partial charge in [-0.25, -0.2) is 4.99 Å². The molecule has 0 rings (SSSR count). The summed E-state index contributed by atoms with van der Waals surface area (Å²) in [7, 11) is 1.90. The van der Waals surface area contributed by atoms with Gasteiger partial charge in [0.15, 0.2) is 0 Å². The predicted molar refractivity (Wildman–Crippen MR) is 76.4 cm³/mol. The van der Waals surface area contributed by atoms with E-state index in [1.165, 1.54) is 6.21 Å². The Hall–Kier alpha value is -2.16. The Morgan fingerprint density at radius 2 is 2.00 bits per heavy atom. The molecule has 0 saturated carbocycles. The lowest BCUT2D eigenvalue weighted by Crippen LogP contribution is -2.18. The molecule has 0 aliphatic carbocycles. The molecule has 0 atom stereocenters. The van der Waals surface area contributed by atoms with Gasteiger partial charge in [0.2, 0.25) is 0 Å². The number of likely N-dealkylation sites (N-methyl/N-ethyl adjacent to an activating group) is 1. The van der Waals surface area contributed by atoms with Crippen molar-refractivity contribution in [1.29, 1.82) is 5.41 Å². The molecule has 0 spiro atoms. The molecule has 3 nitrogen and oxygen atoms in total. The van der Waals surface area contributed by atoms with Crippen LogP contribution in [0.3, 0.4) is 0 Å². The molecule has 0 aromatic rings. The average molecular weight is 229 g/mol. The minimum absolute atomic E-state index is 0.630. The third kappa shape index (κ3) is 6.84. The molecule has 0 aromatic carbocycles. The molecular weight excluding hydrogens is 210 g/mol. The van der Waals surface area contributed by atoms with Gasteiger partial charge in [-0.05, 0) is 25.2 Å². The van der Waals surface area contributed by atoms with Gasteiger partial charge >= 0.3 is 0 Å². The van der Waals surface area contributed by atoms with Crippen molar-refractivity contribution in [2.24, 2.45) is 4.99 Å². The van der Waals surface area contributed by atoms with Gasteiger partial charge in [-0.1, -0.05) is 31.4 Å². The van der Waals surface area contributed by atoms with Crippen LogP contribution in [0.5, 0.6) is 0 Å². The molecule has 0 saturated heterocycles. The molecule has 1 N–H and O–H groups in total. The van der Waals surface area contributed by atoms with Crippen molar-refractivity contribution in [3.05, 3.63) is 61.5 Å². The van der Waals surface area contributed by atoms with E-state index in [-0.39, 0.29) is 0 Å². The molecule has 0 aromatic heterocycles. The van der Waals surface area contributed by atoms with E-state index < -0.39 is 0 Å². The minimum Gasteiger partial charge on any atom is -0.336 e. The molecule has 0 heterocycles. The first-order valence-electron chi connectivity index (χ1n) is 5.25. The topological polar surface area (TPSA) is 39.5 Å². The largest absolute Gasteiger partial charge is 0.336 e. The first kappa shape index (κ1) is 14.8. The van der Waals surface area contributed by atoms with Crippen LogP contribution in [0.1, 0.15) is 6.92 Å². The van der Waals surface area contributed by atoms with Crippen molar-refractivity contribution in [1.82, 2.24) is 4.90 Å². The van der Waals surface area contributed by atoms with Crippen LogP contribution in [-0.2, 0) is 0 Å². The van der Waals surface area contributed by atoms with Crippen molar-refractivity contribution in [2.75, 3.05) is 7.05 Å². The van der Waals surface area contributed by atoms with Crippen molar-refractivity contribution in [2.45, 2.75) is 6.92 Å². The summed E-state index contributed by atoms with van der Waals surface area (Å²) in [5, 5.41) is 6.81. The Kier molecular flexibility index (Phi) is 7.94. The second kappa shape index (κ2) is 9.09. The van der Waals surface area contributed by atoms with E-state index in [0.29, 0.717) is 5.70 Å². The molecule has 0 aliphatic heterocycles. The number of rotatable bonds is 6. The zero-order valence-electron chi connectivity index (χ0n) is 10.4. The summed E-state index contributed by atoms with van der Waals surface area (Å²) in [5.41, 5.74) is 0.630. The second-order valence-corrected chi connectivity index (χ2v) is 3.17. The van der Waals surface area contributed by atoms with Crippen molar-refractivity contribution in [3.63, 3.8) is 0 Å². The van der Waals surface area contributed by atoms with Crippen LogP contribution < -0.4 is 0 Å². The maximum atomic E-state index is 6.81. The molecule has 0 bridgehead atoms. The van der Waals surface area contributed by atoms with E-state index in [1.807, 2.05) is 31.1 Å². The number of hydrogen-bond acceptors (Lipinski definition) is 2. The highest BCUT2D eigenvalue weighted by Gasteiger charge is 1.97. The smallest absolute Gasteiger partial charge is 0.132 e. The number of aliphatic imine (C=N–C) groups is 1. The zero-order valence-corrected chi connectivity index (χ0v) is 10.4. The number of amidine groups is 1. The lowest BCUT2D eigenvalue weighted by molar-refractivity contribution is 0.690. The first-order chi connectivity index (χ1) is 8.15. The van der Waals surface area contributed by atoms with Crippen molar-refractivity contribution < 1.29 is 0 Å². The molecule has 90 valence electrons. The fraction of sp³-hybridized carbons (Fsp3) is 0.143. The Balaban J connectivity index is 4.67. The van der Waals surface area contributed by atoms with Gasteiger partial charge in [0.1, 0.15) is 5.84 Å². The summed E-state index contributed by atoms with van der Waals surface area (Å²) in [6.45, 7) is 9.47. The van der Waals surface area contributed by atoms with Gasteiger partial charge in [-0.15, -0.1) is 0 Å². The standard InChI is InChI=1S/C14H19N3/c1-5-12-17(4)14(6-2)16-13(3)10-8-7-9-11-15/h5-12,15H,2-3H2,1,4H3/b9-7-,10-8+,12-5-,15-11?,16-14+. The summed E-state index contributed by atoms with van der Waals surface area (Å²) >= 11 is 0. The highest BCUT2D eigenvalue weighted by Crippen LogP contribution is 2.00. The summed E-state index contributed by atoms with van der Waals surface area (Å²) in [4.78, 5) is 6.17. The zero-order chi connectivity index (χ0) is 13.1. The van der Waals surface area contributed by atoms with Crippen LogP contribution in [-0.4, -0.2) is 24.0 Å². The normalized spacial score (nSPS) is 12.5. The highest BCUT2D eigenvalue weighted by molar-refractivity contribution is 5.93. The van der Waals surface area contributed by atoms with E-state index in [9.17, 15) is 0 Å². The van der Waals surface area contributed by atoms with E-state index in [0.717, 1.165) is 5.84 Å². The maximum absolute atomic E-state index is 6.81. The van der Waals surface area contributed by atoms with Gasteiger partial charge in [-0.3, -0.25) is 0 Å². The van der Waals surface area contributed by atoms with Crippen LogP contribution >= 0.6 is 0 Å². The fourth-order valence-corrected chi connectivity index (χ4v) is 1.04. The third-order valence-corrected chi connectivity index (χ3v) is 1.78. The van der Waals surface area contributed by atoms with Crippen LogP contribution in [0.4, 0.5) is 0 Å². The molecule has 0 radical (unpaired) electrons. The number of nitrogens with zero attached hydrogens (tertiary/aromatic N) is 2. The second-order valence-electron chi connectivity index (χ2n) is 3.17. The quantitative estimate of drug-likeness (QED) is 0.423. The predicted octanol–water partition coefficient (Wildman–Crippen LogP) is 3.31. The number of allylic oxidation sites excluding steroid dienone is 5. The van der Waals surface area contributed by atoms with Gasteiger partial charge in [0.25, 0.3) is 0 Å². The monoisotopic (exact) mass is 229 g/mol. The highest BCUT2D eigenvalue weighted by atomic mass is 15.1. The number of hydrogen-bond donors (Lipinski definition) is 1. The van der Waals surface area contributed by atoms with Gasteiger partial charge in [0, 0.05) is 19.5 Å². The molecule has 17 heavy (non-hydrogen) atoms. The van der Waals surface area contributed by atoms with Crippen molar-refractivity contribution in [3.8, 4) is 0 Å². The summed E-state index contributed by atoms with van der Waals surface area (Å²) in [6, 6.07) is 0. The molecule has 0 fully saturated rings. The summed E-state index contributed by atoms with van der Waals surface area (Å²) in [6.07, 6.45) is 13.6. The Labute approximate surface area is 103 Å². The van der Waals surface area contributed by atoms with Crippen LogP contribution in [0.15, 0.2) is 66.5 Å². The molecule has 3 heteroatoms. The maximum Gasteiger partial charge on any atom is 0.132 e. The van der Waals surface area contributed by atoms with E-state index in [2.05, 4.69) is 18.2 Å². The van der Waals surface area contributed by atoms with Crippen LogP contribution in [0.2, 0.25) is 0 Å². The molecular formula is C14H19N3. The van der Waals surface area contributed by atoms with Crippen LogP contribution in [0, 0.1) is 5.41 Å². The van der Waals surface area contributed by atoms with Gasteiger partial charge in [0.05, 0.1) is 5.70 Å². The van der Waals surface area contributed by atoms with E-state index in [4.69, 9.17) is 5.41 Å². The Morgan fingerprint density at radius 3 is 2.53 bits per heavy atom. The minimum atomic E-state index is 0.630. The van der Waals surface area contributed by atoms with E-state index >= 15 is 0 Å². The fourth-order valence-electron chi connectivity index (χ4n) is 1.04. The summed E-state index contributed by atoms with van der Waals surface area (Å²) < 4.78 is 0. The SMILES string of the molecule is C=C/C(=N\C(=C)/C=C/C=C\C=N)N(C)/C=C\C. The average Bonchev–Trinajstić information content (AvgIpc) is 2.32. The lowest BCUT2D eigenvalue weighted by Gasteiger charge is -2.13. The molecule has 0 amide bonds. The molecule has 0 unspecified atom stereocenters. The lowest BCUT2D eigenvalue weighted by atomic mass is 10.4. The number of nitrogens with one attached hydrogen (secondary N) is 1.